The van der Waals surface area contributed by atoms with Gasteiger partial charge in [-0.05, 0) is 28.3 Å². The summed E-state index contributed by atoms with van der Waals surface area (Å²) in [6.07, 6.45) is 0. The van der Waals surface area contributed by atoms with Crippen LogP contribution in [-0.4, -0.2) is 23.6 Å². The molecule has 7 rings (SSSR count). The number of hydrogen-bond donors (Lipinski definition) is 1. The van der Waals surface area contributed by atoms with Crippen LogP contribution in [-0.2, 0) is 0 Å². The number of halogens is 2. The van der Waals surface area contributed by atoms with E-state index < -0.39 is 35.3 Å². The standard InChI is InChI=1S/C24H8F2N2O4.Rb/c25-13-5-11-17-12(24(32)28-23(11)31)6-14(26)19-8-2-4-10-16-9(21(29)27-22(10)30)3-1-7(15(8)16)18(13)20(17)19;/h1-6H,(H2,27,28,29,30,31,32);/q;+1/p-1. The minimum atomic E-state index is -0.778. The Balaban J connectivity index is 0.00000206. The number of carbonyl (C=O) groups is 4. The maximum absolute atomic E-state index is 15.5. The van der Waals surface area contributed by atoms with Crippen molar-refractivity contribution in [1.82, 2.24) is 5.32 Å². The van der Waals surface area contributed by atoms with Gasteiger partial charge in [-0.3, -0.25) is 14.9 Å². The molecular weight excluding hydrogens is 504 g/mol. The van der Waals surface area contributed by atoms with Gasteiger partial charge >= 0.3 is 58.2 Å². The summed E-state index contributed by atoms with van der Waals surface area (Å²) in [7, 11) is 0. The molecule has 0 saturated carbocycles. The SMILES string of the molecule is O=C1[N-]C(=O)c2ccc3c4c(F)cc5c6c(cc(F)c(c7ccc1c2c73)c64)C(=O)NC5=O.[Rb+]. The topological polar surface area (TPSA) is 94.4 Å². The third kappa shape index (κ3) is 2.41. The molecule has 1 N–H and O–H groups in total. The van der Waals surface area contributed by atoms with Crippen molar-refractivity contribution in [1.29, 1.82) is 0 Å². The summed E-state index contributed by atoms with van der Waals surface area (Å²) in [4.78, 5) is 49.6. The molecule has 5 aromatic rings. The Morgan fingerprint density at radius 3 is 1.52 bits per heavy atom. The molecular formula is C24H7F2N2O4Rb. The molecule has 33 heavy (non-hydrogen) atoms. The first-order valence-corrected chi connectivity index (χ1v) is 9.62. The van der Waals surface area contributed by atoms with Gasteiger partial charge in [-0.15, -0.1) is 0 Å². The second kappa shape index (κ2) is 6.69. The summed E-state index contributed by atoms with van der Waals surface area (Å²) in [5.41, 5.74) is 0.222. The van der Waals surface area contributed by atoms with Crippen molar-refractivity contribution in [2.45, 2.75) is 0 Å². The van der Waals surface area contributed by atoms with E-state index in [1.54, 1.807) is 0 Å². The Morgan fingerprint density at radius 1 is 0.576 bits per heavy atom. The summed E-state index contributed by atoms with van der Waals surface area (Å²) in [6.45, 7) is 0. The minimum Gasteiger partial charge on any atom is -0.587 e. The molecule has 5 aromatic carbocycles. The van der Waals surface area contributed by atoms with Gasteiger partial charge in [-0.25, -0.2) is 8.78 Å². The van der Waals surface area contributed by atoms with Gasteiger partial charge in [-0.2, -0.15) is 0 Å². The average molecular weight is 511 g/mol. The molecule has 9 heteroatoms. The van der Waals surface area contributed by atoms with Gasteiger partial charge in [0.1, 0.15) is 11.6 Å². The minimum absolute atomic E-state index is 0. The number of amides is 4. The number of nitrogens with zero attached hydrogens (tertiary/aromatic N) is 1. The molecule has 2 aliphatic rings. The van der Waals surface area contributed by atoms with Crippen molar-refractivity contribution in [2.75, 3.05) is 0 Å². The van der Waals surface area contributed by atoms with Crippen LogP contribution < -0.4 is 63.5 Å². The van der Waals surface area contributed by atoms with Crippen molar-refractivity contribution in [3.05, 3.63) is 75.6 Å². The van der Waals surface area contributed by atoms with E-state index in [9.17, 15) is 19.2 Å². The zero-order valence-corrected chi connectivity index (χ0v) is 21.7. The van der Waals surface area contributed by atoms with Gasteiger partial charge in [0.25, 0.3) is 11.8 Å². The smallest absolute Gasteiger partial charge is 0.587 e. The Bertz CT molecular complexity index is 1710. The third-order valence-electron chi connectivity index (χ3n) is 6.39. The van der Waals surface area contributed by atoms with Crippen LogP contribution in [0.5, 0.6) is 0 Å². The maximum Gasteiger partial charge on any atom is 1.00 e. The maximum atomic E-state index is 15.5. The molecule has 0 spiro atoms. The van der Waals surface area contributed by atoms with E-state index in [1.807, 2.05) is 0 Å². The van der Waals surface area contributed by atoms with Gasteiger partial charge in [-0.1, -0.05) is 24.3 Å². The number of fused-ring (bicyclic) bond motifs is 2. The summed E-state index contributed by atoms with van der Waals surface area (Å²) in [5, 5.41) is 7.28. The summed E-state index contributed by atoms with van der Waals surface area (Å²) < 4.78 is 30.9. The van der Waals surface area contributed by atoms with Gasteiger partial charge in [0, 0.05) is 38.1 Å². The van der Waals surface area contributed by atoms with E-state index in [2.05, 4.69) is 10.6 Å². The van der Waals surface area contributed by atoms with Crippen molar-refractivity contribution in [3.8, 4) is 0 Å². The third-order valence-corrected chi connectivity index (χ3v) is 6.39. The molecule has 0 bridgehead atoms. The van der Waals surface area contributed by atoms with E-state index in [4.69, 9.17) is 0 Å². The molecule has 0 aromatic heterocycles. The normalized spacial score (nSPS) is 14.8. The first-order valence-electron chi connectivity index (χ1n) is 9.62. The van der Waals surface area contributed by atoms with E-state index in [-0.39, 0.29) is 107 Å². The molecule has 2 heterocycles. The van der Waals surface area contributed by atoms with E-state index >= 15 is 8.78 Å². The fraction of sp³-hybridized carbons (Fsp3) is 0. The summed E-state index contributed by atoms with van der Waals surface area (Å²) in [6, 6.07) is 8.00. The van der Waals surface area contributed by atoms with Gasteiger partial charge < -0.3 is 14.9 Å². The molecule has 0 atom stereocenters. The average Bonchev–Trinajstić information content (AvgIpc) is 2.75. The number of rotatable bonds is 0. The fourth-order valence-corrected chi connectivity index (χ4v) is 5.17. The molecule has 0 unspecified atom stereocenters. The quantitative estimate of drug-likeness (QED) is 0.194. The van der Waals surface area contributed by atoms with Crippen LogP contribution in [0.3, 0.4) is 0 Å². The van der Waals surface area contributed by atoms with Gasteiger partial charge in [0.05, 0.1) is 22.9 Å². The van der Waals surface area contributed by atoms with Gasteiger partial charge in [0.15, 0.2) is 0 Å². The molecule has 0 saturated heterocycles. The van der Waals surface area contributed by atoms with E-state index in [0.29, 0.717) is 16.2 Å². The van der Waals surface area contributed by atoms with Crippen LogP contribution in [0.1, 0.15) is 41.4 Å². The Morgan fingerprint density at radius 2 is 1.03 bits per heavy atom. The van der Waals surface area contributed by atoms with Gasteiger partial charge in [0.2, 0.25) is 0 Å². The van der Waals surface area contributed by atoms with Crippen molar-refractivity contribution in [2.24, 2.45) is 0 Å². The van der Waals surface area contributed by atoms with Crippen LogP contribution in [0.15, 0.2) is 36.4 Å². The molecule has 0 fully saturated rings. The van der Waals surface area contributed by atoms with Crippen LogP contribution in [0, 0.1) is 11.6 Å². The molecule has 152 valence electrons. The second-order valence-corrected chi connectivity index (χ2v) is 7.89. The summed E-state index contributed by atoms with van der Waals surface area (Å²) >= 11 is 0. The number of benzene rings is 5. The van der Waals surface area contributed by atoms with Crippen LogP contribution >= 0.6 is 0 Å². The Kier molecular flexibility index (Phi) is 4.24. The van der Waals surface area contributed by atoms with Crippen LogP contribution in [0.4, 0.5) is 8.78 Å². The predicted molar refractivity (Wildman–Crippen MR) is 111 cm³/mol. The van der Waals surface area contributed by atoms with Crippen molar-refractivity contribution in [3.63, 3.8) is 0 Å². The number of carbonyl (C=O) groups excluding carboxylic acids is 4. The van der Waals surface area contributed by atoms with Crippen molar-refractivity contribution >= 4 is 66.7 Å². The van der Waals surface area contributed by atoms with Crippen LogP contribution in [0.25, 0.3) is 48.4 Å². The largest absolute Gasteiger partial charge is 1.00 e. The second-order valence-electron chi connectivity index (χ2n) is 7.89. The Labute approximate surface area is 231 Å². The molecule has 6 nitrogen and oxygen atoms in total. The fourth-order valence-electron chi connectivity index (χ4n) is 5.17. The van der Waals surface area contributed by atoms with Crippen LogP contribution in [0.2, 0.25) is 0 Å². The monoisotopic (exact) mass is 510 g/mol. The predicted octanol–water partition coefficient (Wildman–Crippen LogP) is 1.57. The number of imide groups is 2. The number of nitrogens with one attached hydrogen (secondary N) is 1. The molecule has 0 radical (unpaired) electrons. The zero-order chi connectivity index (χ0) is 22.0. The molecule has 4 amide bonds. The van der Waals surface area contributed by atoms with E-state index in [1.165, 1.54) is 24.3 Å². The molecule has 0 aliphatic carbocycles. The van der Waals surface area contributed by atoms with Crippen molar-refractivity contribution < 1.29 is 86.1 Å². The first kappa shape index (κ1) is 20.9. The molecule has 2 aliphatic heterocycles. The zero-order valence-electron chi connectivity index (χ0n) is 16.8. The first-order chi connectivity index (χ1) is 15.4. The Hall–Kier alpha value is -2.65. The summed E-state index contributed by atoms with van der Waals surface area (Å²) in [5.74, 6) is -4.52. The number of hydrogen-bond acceptors (Lipinski definition) is 4. The van der Waals surface area contributed by atoms with E-state index in [0.717, 1.165) is 12.1 Å².